The molecule has 0 fully saturated rings. The van der Waals surface area contributed by atoms with Crippen LogP contribution < -0.4 is 10.5 Å². The highest BCUT2D eigenvalue weighted by atomic mass is 32.2. The number of halogens is 1. The summed E-state index contributed by atoms with van der Waals surface area (Å²) in [5.74, 6) is -1.14. The lowest BCUT2D eigenvalue weighted by Gasteiger charge is -2.08. The Balaban J connectivity index is 2.92. The lowest BCUT2D eigenvalue weighted by Crippen LogP contribution is -2.26. The Morgan fingerprint density at radius 1 is 1.56 bits per heavy atom. The molecule has 0 radical (unpaired) electrons. The van der Waals surface area contributed by atoms with Gasteiger partial charge in [0.25, 0.3) is 0 Å². The Bertz CT molecular complexity index is 514. The highest BCUT2D eigenvalue weighted by Gasteiger charge is 2.14. The van der Waals surface area contributed by atoms with Crippen LogP contribution in [-0.2, 0) is 10.0 Å². The number of benzene rings is 1. The van der Waals surface area contributed by atoms with E-state index in [4.69, 9.17) is 5.73 Å². The van der Waals surface area contributed by atoms with Crippen molar-refractivity contribution in [3.8, 4) is 0 Å². The van der Waals surface area contributed by atoms with Crippen molar-refractivity contribution in [3.05, 3.63) is 29.6 Å². The van der Waals surface area contributed by atoms with Gasteiger partial charge in [-0.15, -0.1) is 0 Å². The van der Waals surface area contributed by atoms with Crippen LogP contribution in [0.1, 0.15) is 5.56 Å². The summed E-state index contributed by atoms with van der Waals surface area (Å²) in [6, 6.07) is 4.18. The zero-order chi connectivity index (χ0) is 12.3. The molecule has 0 amide bonds. The number of anilines is 1. The van der Waals surface area contributed by atoms with Crippen molar-refractivity contribution in [1.29, 1.82) is 0 Å². The van der Waals surface area contributed by atoms with E-state index in [-0.39, 0.29) is 10.7 Å². The number of hydrogen-bond donors (Lipinski definition) is 2. The fourth-order valence-corrected chi connectivity index (χ4v) is 2.51. The molecule has 0 saturated carbocycles. The number of sulfonamides is 1. The molecule has 0 saturated heterocycles. The number of nitrogens with one attached hydrogen (secondary N) is 1. The van der Waals surface area contributed by atoms with Crippen molar-refractivity contribution >= 4 is 32.9 Å². The van der Waals surface area contributed by atoms with Gasteiger partial charge in [0, 0.05) is 0 Å². The molecule has 0 aliphatic rings. The van der Waals surface area contributed by atoms with Gasteiger partial charge < -0.3 is 5.73 Å². The Morgan fingerprint density at radius 3 is 2.69 bits per heavy atom. The van der Waals surface area contributed by atoms with Crippen LogP contribution in [0.15, 0.2) is 18.2 Å². The molecule has 0 aromatic heterocycles. The average molecular weight is 262 g/mol. The van der Waals surface area contributed by atoms with Crippen molar-refractivity contribution in [2.75, 3.05) is 10.5 Å². The van der Waals surface area contributed by atoms with E-state index in [1.54, 1.807) is 13.0 Å². The molecule has 0 atom stereocenters. The molecular formula is C9H11FN2O2S2. The molecule has 3 N–H and O–H groups in total. The van der Waals surface area contributed by atoms with Crippen LogP contribution >= 0.6 is 12.2 Å². The van der Waals surface area contributed by atoms with E-state index in [9.17, 15) is 12.8 Å². The zero-order valence-corrected chi connectivity index (χ0v) is 10.2. The van der Waals surface area contributed by atoms with Gasteiger partial charge in [-0.05, 0) is 24.6 Å². The molecule has 0 unspecified atom stereocenters. The van der Waals surface area contributed by atoms with E-state index in [2.05, 4.69) is 16.9 Å². The van der Waals surface area contributed by atoms with Gasteiger partial charge in [-0.3, -0.25) is 4.72 Å². The van der Waals surface area contributed by atoms with Crippen LogP contribution in [0.25, 0.3) is 0 Å². The highest BCUT2D eigenvalue weighted by molar-refractivity contribution is 7.95. The molecule has 0 aliphatic heterocycles. The highest BCUT2D eigenvalue weighted by Crippen LogP contribution is 2.16. The van der Waals surface area contributed by atoms with Crippen LogP contribution in [0.4, 0.5) is 10.1 Å². The normalized spacial score (nSPS) is 11.1. The first-order valence-electron chi connectivity index (χ1n) is 4.35. The summed E-state index contributed by atoms with van der Waals surface area (Å²) in [7, 11) is -3.73. The minimum atomic E-state index is -3.73. The maximum Gasteiger partial charge on any atom is 0.239 e. The smallest absolute Gasteiger partial charge is 0.239 e. The van der Waals surface area contributed by atoms with Crippen molar-refractivity contribution < 1.29 is 12.8 Å². The Labute approximate surface area is 98.7 Å². The molecule has 1 aromatic carbocycles. The quantitative estimate of drug-likeness (QED) is 0.799. The second-order valence-corrected chi connectivity index (χ2v) is 5.56. The molecular weight excluding hydrogens is 251 g/mol. The fourth-order valence-electron chi connectivity index (χ4n) is 1.09. The summed E-state index contributed by atoms with van der Waals surface area (Å²) >= 11 is 4.48. The maximum atomic E-state index is 13.3. The predicted octanol–water partition coefficient (Wildman–Crippen LogP) is 1.16. The molecule has 4 nitrogen and oxygen atoms in total. The molecule has 0 bridgehead atoms. The predicted molar refractivity (Wildman–Crippen MR) is 65.3 cm³/mol. The molecule has 0 spiro atoms. The van der Waals surface area contributed by atoms with E-state index in [0.29, 0.717) is 5.56 Å². The zero-order valence-electron chi connectivity index (χ0n) is 8.53. The molecule has 0 heterocycles. The Morgan fingerprint density at radius 2 is 2.19 bits per heavy atom. The third-order valence-electron chi connectivity index (χ3n) is 1.72. The summed E-state index contributed by atoms with van der Waals surface area (Å²) < 4.78 is 38.2. The van der Waals surface area contributed by atoms with E-state index in [1.165, 1.54) is 12.1 Å². The fraction of sp³-hybridized carbons (Fsp3) is 0.222. The van der Waals surface area contributed by atoms with Crippen molar-refractivity contribution in [2.24, 2.45) is 5.73 Å². The lowest BCUT2D eigenvalue weighted by molar-refractivity contribution is 0.602. The number of rotatable bonds is 4. The first-order chi connectivity index (χ1) is 7.30. The van der Waals surface area contributed by atoms with Gasteiger partial charge in [0.1, 0.15) is 11.6 Å². The van der Waals surface area contributed by atoms with Crippen molar-refractivity contribution in [2.45, 2.75) is 6.92 Å². The molecule has 88 valence electrons. The summed E-state index contributed by atoms with van der Waals surface area (Å²) in [4.78, 5) is -0.167. The van der Waals surface area contributed by atoms with Gasteiger partial charge in [0.15, 0.2) is 0 Å². The topological polar surface area (TPSA) is 72.2 Å². The molecule has 1 aromatic rings. The molecule has 1 rings (SSSR count). The Kier molecular flexibility index (Phi) is 3.82. The Hall–Kier alpha value is -1.21. The third-order valence-corrected chi connectivity index (χ3v) is 3.27. The lowest BCUT2D eigenvalue weighted by atomic mass is 10.2. The maximum absolute atomic E-state index is 13.3. The number of hydrogen-bond acceptors (Lipinski definition) is 3. The van der Waals surface area contributed by atoms with Crippen LogP contribution in [0, 0.1) is 12.7 Å². The molecule has 0 aliphatic carbocycles. The second kappa shape index (κ2) is 4.75. The average Bonchev–Trinajstić information content (AvgIpc) is 2.07. The second-order valence-electron chi connectivity index (χ2n) is 3.31. The third kappa shape index (κ3) is 3.74. The first kappa shape index (κ1) is 12.9. The number of nitrogens with two attached hydrogens (primary N) is 1. The van der Waals surface area contributed by atoms with Gasteiger partial charge in [-0.1, -0.05) is 18.3 Å². The van der Waals surface area contributed by atoms with E-state index in [1.807, 2.05) is 0 Å². The van der Waals surface area contributed by atoms with Gasteiger partial charge in [0.05, 0.1) is 10.7 Å². The van der Waals surface area contributed by atoms with Gasteiger partial charge in [-0.2, -0.15) is 0 Å². The largest absolute Gasteiger partial charge is 0.392 e. The van der Waals surface area contributed by atoms with Crippen LogP contribution in [0.2, 0.25) is 0 Å². The monoisotopic (exact) mass is 262 g/mol. The standard InChI is InChI=1S/C9H11FN2O2S2/c1-6-2-3-8(7(10)4-6)12-16(13,14)5-9(11)15/h2-4,12H,5H2,1H3,(H2,11,15). The van der Waals surface area contributed by atoms with Crippen molar-refractivity contribution in [3.63, 3.8) is 0 Å². The summed E-state index contributed by atoms with van der Waals surface area (Å²) in [6.45, 7) is 1.70. The first-order valence-corrected chi connectivity index (χ1v) is 6.41. The van der Waals surface area contributed by atoms with E-state index in [0.717, 1.165) is 0 Å². The van der Waals surface area contributed by atoms with Crippen LogP contribution in [-0.4, -0.2) is 19.2 Å². The number of aryl methyl sites for hydroxylation is 1. The van der Waals surface area contributed by atoms with Crippen LogP contribution in [0.5, 0.6) is 0 Å². The van der Waals surface area contributed by atoms with Gasteiger partial charge in [0.2, 0.25) is 10.0 Å². The molecule has 7 heteroatoms. The summed E-state index contributed by atoms with van der Waals surface area (Å²) in [6.07, 6.45) is 0. The van der Waals surface area contributed by atoms with Crippen molar-refractivity contribution in [1.82, 2.24) is 0 Å². The minimum absolute atomic E-state index is 0.109. The minimum Gasteiger partial charge on any atom is -0.392 e. The summed E-state index contributed by atoms with van der Waals surface area (Å²) in [5.41, 5.74) is 5.71. The van der Waals surface area contributed by atoms with E-state index >= 15 is 0 Å². The SMILES string of the molecule is Cc1ccc(NS(=O)(=O)CC(N)=S)c(F)c1. The summed E-state index contributed by atoms with van der Waals surface area (Å²) in [5, 5.41) is 0. The van der Waals surface area contributed by atoms with E-state index < -0.39 is 21.6 Å². The number of thiocarbonyl (C=S) groups is 1. The van der Waals surface area contributed by atoms with Gasteiger partial charge in [-0.25, -0.2) is 12.8 Å². The molecule has 16 heavy (non-hydrogen) atoms. The van der Waals surface area contributed by atoms with Crippen LogP contribution in [0.3, 0.4) is 0 Å². The van der Waals surface area contributed by atoms with Gasteiger partial charge >= 0.3 is 0 Å².